The van der Waals surface area contributed by atoms with Gasteiger partial charge in [0, 0.05) is 5.38 Å². The van der Waals surface area contributed by atoms with E-state index in [0.717, 1.165) is 16.7 Å². The highest BCUT2D eigenvalue weighted by Gasteiger charge is 2.37. The van der Waals surface area contributed by atoms with Crippen LogP contribution in [-0.4, -0.2) is 39.9 Å². The lowest BCUT2D eigenvalue weighted by Crippen LogP contribution is -2.38. The second kappa shape index (κ2) is 11.9. The first-order valence-corrected chi connectivity index (χ1v) is 13.1. The maximum Gasteiger partial charge on any atom is 0.360 e. The van der Waals surface area contributed by atoms with Crippen molar-refractivity contribution in [2.24, 2.45) is 5.16 Å². The van der Waals surface area contributed by atoms with Crippen LogP contribution in [0.1, 0.15) is 43.2 Å². The lowest BCUT2D eigenvalue weighted by Gasteiger charge is -2.36. The number of hydrogen-bond donors (Lipinski definition) is 2. The van der Waals surface area contributed by atoms with Crippen molar-refractivity contribution in [3.63, 3.8) is 0 Å². The number of nitrogens with one attached hydrogen (secondary N) is 1. The number of esters is 1. The molecular formula is C30H29N3O5S. The fourth-order valence-corrected chi connectivity index (χ4v) is 4.85. The highest BCUT2D eigenvalue weighted by atomic mass is 32.1. The van der Waals surface area contributed by atoms with Crippen molar-refractivity contribution in [2.75, 3.05) is 11.9 Å². The second-order valence-corrected chi connectivity index (χ2v) is 10.5. The van der Waals surface area contributed by atoms with Crippen molar-refractivity contribution >= 4 is 34.1 Å². The summed E-state index contributed by atoms with van der Waals surface area (Å²) in [6.45, 7) is 4.64. The highest BCUT2D eigenvalue weighted by molar-refractivity contribution is 7.14. The lowest BCUT2D eigenvalue weighted by molar-refractivity contribution is -0.160. The van der Waals surface area contributed by atoms with Crippen LogP contribution in [0.3, 0.4) is 0 Å². The minimum atomic E-state index is -1.34. The molecule has 0 aliphatic heterocycles. The van der Waals surface area contributed by atoms with E-state index in [9.17, 15) is 14.7 Å². The Bertz CT molecular complexity index is 1340. The molecule has 0 unspecified atom stereocenters. The molecule has 0 aliphatic carbocycles. The molecule has 0 spiro atoms. The summed E-state index contributed by atoms with van der Waals surface area (Å²) in [6.07, 6.45) is 0. The number of thiazole rings is 1. The van der Waals surface area contributed by atoms with Crippen molar-refractivity contribution in [1.29, 1.82) is 0 Å². The first-order chi connectivity index (χ1) is 18.7. The molecule has 39 heavy (non-hydrogen) atoms. The third-order valence-corrected chi connectivity index (χ3v) is 6.38. The summed E-state index contributed by atoms with van der Waals surface area (Å²) in [6, 6.07) is 29.9. The van der Waals surface area contributed by atoms with Crippen LogP contribution >= 0.6 is 11.3 Å². The lowest BCUT2D eigenvalue weighted by atomic mass is 9.77. The van der Waals surface area contributed by atoms with Gasteiger partial charge in [-0.3, -0.25) is 0 Å². The summed E-state index contributed by atoms with van der Waals surface area (Å²) < 4.78 is 5.17. The minimum Gasteiger partial charge on any atom is -0.476 e. The smallest absolute Gasteiger partial charge is 0.360 e. The van der Waals surface area contributed by atoms with Crippen molar-refractivity contribution < 1.29 is 24.3 Å². The van der Waals surface area contributed by atoms with E-state index in [2.05, 4.69) is 15.5 Å². The topological polar surface area (TPSA) is 110 Å². The zero-order valence-corrected chi connectivity index (χ0v) is 22.6. The summed E-state index contributed by atoms with van der Waals surface area (Å²) in [5.74, 6) is -1.99. The molecule has 0 amide bonds. The molecule has 9 heteroatoms. The van der Waals surface area contributed by atoms with Gasteiger partial charge in [0.15, 0.2) is 5.13 Å². The molecule has 1 heterocycles. The van der Waals surface area contributed by atoms with Crippen LogP contribution in [0.2, 0.25) is 0 Å². The fourth-order valence-electron chi connectivity index (χ4n) is 4.10. The maximum atomic E-state index is 12.0. The van der Waals surface area contributed by atoms with E-state index < -0.39 is 35.4 Å². The Morgan fingerprint density at radius 3 is 1.79 bits per heavy atom. The third-order valence-electron chi connectivity index (χ3n) is 5.62. The van der Waals surface area contributed by atoms with E-state index in [0.29, 0.717) is 5.13 Å². The molecule has 0 saturated heterocycles. The first kappa shape index (κ1) is 27.5. The summed E-state index contributed by atoms with van der Waals surface area (Å²) in [4.78, 5) is 33.5. The van der Waals surface area contributed by atoms with Crippen molar-refractivity contribution in [3.05, 3.63) is 119 Å². The SMILES string of the molecule is CC(C)(C)OC(=O)CON=C(C(=O)O)c1csc(NC(c2ccccc2)(c2ccccc2)c2ccccc2)n1. The van der Waals surface area contributed by atoms with Gasteiger partial charge in [-0.15, -0.1) is 11.3 Å². The Hall–Kier alpha value is -4.50. The second-order valence-electron chi connectivity index (χ2n) is 9.62. The van der Waals surface area contributed by atoms with Crippen LogP contribution in [0.25, 0.3) is 0 Å². The van der Waals surface area contributed by atoms with Crippen LogP contribution in [-0.2, 0) is 24.7 Å². The first-order valence-electron chi connectivity index (χ1n) is 12.2. The molecule has 0 bridgehead atoms. The predicted octanol–water partition coefficient (Wildman–Crippen LogP) is 5.69. The van der Waals surface area contributed by atoms with Crippen molar-refractivity contribution in [2.45, 2.75) is 31.9 Å². The largest absolute Gasteiger partial charge is 0.476 e. The number of anilines is 1. The maximum absolute atomic E-state index is 12.0. The molecule has 0 radical (unpaired) electrons. The summed E-state index contributed by atoms with van der Waals surface area (Å²) >= 11 is 1.24. The number of aromatic nitrogens is 1. The molecule has 0 atom stereocenters. The molecule has 0 fully saturated rings. The summed E-state index contributed by atoms with van der Waals surface area (Å²) in [5, 5.41) is 19.1. The predicted molar refractivity (Wildman–Crippen MR) is 151 cm³/mol. The number of carbonyl (C=O) groups excluding carboxylic acids is 1. The highest BCUT2D eigenvalue weighted by Crippen LogP contribution is 2.40. The standard InChI is InChI=1S/C30H29N3O5S/c1-29(2,3)38-25(34)19-37-33-26(27(35)36)24-20-39-28(31-24)32-30(21-13-7-4-8-14-21,22-15-9-5-10-16-22)23-17-11-6-12-18-23/h4-18,20H,19H2,1-3H3,(H,31,32)(H,35,36). The molecule has 0 saturated carbocycles. The van der Waals surface area contributed by atoms with Crippen LogP contribution in [0, 0.1) is 0 Å². The zero-order chi connectivity index (χ0) is 27.9. The van der Waals surface area contributed by atoms with E-state index >= 15 is 0 Å². The molecule has 1 aromatic heterocycles. The molecule has 4 rings (SSSR count). The Kier molecular flexibility index (Phi) is 8.41. The fraction of sp³-hybridized carbons (Fsp3) is 0.200. The van der Waals surface area contributed by atoms with Crippen LogP contribution in [0.4, 0.5) is 5.13 Å². The number of nitrogens with zero attached hydrogens (tertiary/aromatic N) is 2. The number of carboxylic acids is 1. The number of hydrogen-bond acceptors (Lipinski definition) is 8. The van der Waals surface area contributed by atoms with Crippen molar-refractivity contribution in [3.8, 4) is 0 Å². The zero-order valence-electron chi connectivity index (χ0n) is 21.8. The van der Waals surface area contributed by atoms with Gasteiger partial charge in [0.1, 0.15) is 16.8 Å². The number of aliphatic carboxylic acids is 1. The van der Waals surface area contributed by atoms with Gasteiger partial charge in [-0.2, -0.15) is 0 Å². The number of carbonyl (C=O) groups is 2. The van der Waals surface area contributed by atoms with E-state index in [-0.39, 0.29) is 5.69 Å². The van der Waals surface area contributed by atoms with Gasteiger partial charge in [-0.1, -0.05) is 96.2 Å². The number of rotatable bonds is 10. The van der Waals surface area contributed by atoms with E-state index in [4.69, 9.17) is 9.57 Å². The quantitative estimate of drug-likeness (QED) is 0.114. The van der Waals surface area contributed by atoms with E-state index in [1.807, 2.05) is 91.0 Å². The number of carboxylic acid groups (broad SMARTS) is 1. The molecular weight excluding hydrogens is 514 g/mol. The number of oxime groups is 1. The number of ether oxygens (including phenoxy) is 1. The van der Waals surface area contributed by atoms with Gasteiger partial charge in [0.2, 0.25) is 12.3 Å². The van der Waals surface area contributed by atoms with Crippen LogP contribution in [0.15, 0.2) is 102 Å². The van der Waals surface area contributed by atoms with Gasteiger partial charge in [-0.25, -0.2) is 14.6 Å². The van der Waals surface area contributed by atoms with Crippen molar-refractivity contribution in [1.82, 2.24) is 4.98 Å². The van der Waals surface area contributed by atoms with Gasteiger partial charge < -0.3 is 20.0 Å². The van der Waals surface area contributed by atoms with Gasteiger partial charge >= 0.3 is 11.9 Å². The Balaban J connectivity index is 1.70. The average molecular weight is 544 g/mol. The Labute approximate surface area is 230 Å². The molecule has 0 aliphatic rings. The number of benzene rings is 3. The average Bonchev–Trinajstić information content (AvgIpc) is 3.38. The molecule has 8 nitrogen and oxygen atoms in total. The minimum absolute atomic E-state index is 0.0993. The third kappa shape index (κ3) is 6.69. The van der Waals surface area contributed by atoms with Crippen LogP contribution < -0.4 is 5.32 Å². The Morgan fingerprint density at radius 2 is 1.36 bits per heavy atom. The monoisotopic (exact) mass is 543 g/mol. The van der Waals surface area contributed by atoms with Gasteiger partial charge in [-0.05, 0) is 37.5 Å². The summed E-state index contributed by atoms with van der Waals surface area (Å²) in [7, 11) is 0. The molecule has 2 N–H and O–H groups in total. The van der Waals surface area contributed by atoms with Gasteiger partial charge in [0.05, 0.1) is 0 Å². The van der Waals surface area contributed by atoms with E-state index in [1.165, 1.54) is 11.3 Å². The molecule has 3 aromatic carbocycles. The molecule has 200 valence electrons. The Morgan fingerprint density at radius 1 is 0.872 bits per heavy atom. The van der Waals surface area contributed by atoms with Gasteiger partial charge in [0.25, 0.3) is 0 Å². The van der Waals surface area contributed by atoms with E-state index in [1.54, 1.807) is 26.2 Å². The molecule has 4 aromatic rings. The van der Waals surface area contributed by atoms with Crippen LogP contribution in [0.5, 0.6) is 0 Å². The normalized spacial score (nSPS) is 12.0. The summed E-state index contributed by atoms with van der Waals surface area (Å²) in [5.41, 5.74) is 1.09.